The van der Waals surface area contributed by atoms with E-state index in [0.29, 0.717) is 6.54 Å². The van der Waals surface area contributed by atoms with Gasteiger partial charge in [0.2, 0.25) is 0 Å². The van der Waals surface area contributed by atoms with Crippen molar-refractivity contribution in [3.63, 3.8) is 0 Å². The van der Waals surface area contributed by atoms with Crippen molar-refractivity contribution in [2.45, 2.75) is 17.5 Å². The van der Waals surface area contributed by atoms with E-state index in [1.54, 1.807) is 29.4 Å². The quantitative estimate of drug-likeness (QED) is 0.296. The lowest BCUT2D eigenvalue weighted by Crippen LogP contribution is -2.03. The molecule has 0 aliphatic rings. The predicted molar refractivity (Wildman–Crippen MR) is 120 cm³/mol. The zero-order valence-corrected chi connectivity index (χ0v) is 17.6. The van der Waals surface area contributed by atoms with Crippen LogP contribution in [0.2, 0.25) is 0 Å². The van der Waals surface area contributed by atoms with Crippen LogP contribution >= 0.6 is 23.1 Å². The number of aromatic nitrogens is 4. The van der Waals surface area contributed by atoms with Crippen molar-refractivity contribution in [2.75, 3.05) is 0 Å². The molecule has 5 nitrogen and oxygen atoms in total. The van der Waals surface area contributed by atoms with Crippen LogP contribution in [0.25, 0.3) is 22.0 Å². The van der Waals surface area contributed by atoms with Crippen LogP contribution in [0.5, 0.6) is 0 Å². The summed E-state index contributed by atoms with van der Waals surface area (Å²) in [7, 11) is 0. The van der Waals surface area contributed by atoms with Crippen LogP contribution in [0.15, 0.2) is 94.0 Å². The standard InChI is InChI=1S/C23H18N4OS2/c1-3-8-17(9-4-1)21-25-26-23(27(21)14-20-12-7-13-28-20)30-16-19-15-29-22(24-19)18-10-5-2-6-11-18/h1-13,15H,14,16H2. The molecule has 0 saturated carbocycles. The van der Waals surface area contributed by atoms with Gasteiger partial charge in [-0.15, -0.1) is 21.5 Å². The second kappa shape index (κ2) is 8.69. The first-order chi connectivity index (χ1) is 14.9. The number of thiazole rings is 1. The number of rotatable bonds is 7. The van der Waals surface area contributed by atoms with Gasteiger partial charge in [0.25, 0.3) is 0 Å². The fraction of sp³-hybridized carbons (Fsp3) is 0.0870. The predicted octanol–water partition coefficient (Wildman–Crippen LogP) is 6.00. The number of hydrogen-bond donors (Lipinski definition) is 0. The van der Waals surface area contributed by atoms with E-state index in [1.807, 2.05) is 60.7 Å². The number of nitrogens with zero attached hydrogens (tertiary/aromatic N) is 4. The first kappa shape index (κ1) is 18.8. The minimum absolute atomic E-state index is 0.582. The SMILES string of the molecule is c1ccc(-c2nc(CSc3nnc(-c4ccccc4)n3Cc3ccco3)cs2)cc1. The average molecular weight is 431 g/mol. The molecule has 0 unspecified atom stereocenters. The zero-order chi connectivity index (χ0) is 20.2. The molecule has 3 heterocycles. The molecule has 5 rings (SSSR count). The summed E-state index contributed by atoms with van der Waals surface area (Å²) in [6.07, 6.45) is 1.69. The molecule has 0 bridgehead atoms. The molecule has 0 aliphatic carbocycles. The minimum Gasteiger partial charge on any atom is -0.467 e. The topological polar surface area (TPSA) is 56.7 Å². The molecule has 0 atom stereocenters. The minimum atomic E-state index is 0.582. The first-order valence-electron chi connectivity index (χ1n) is 9.50. The molecular formula is C23H18N4OS2. The summed E-state index contributed by atoms with van der Waals surface area (Å²) in [4.78, 5) is 4.79. The smallest absolute Gasteiger partial charge is 0.192 e. The Kier molecular flexibility index (Phi) is 5.46. The molecule has 0 spiro atoms. The van der Waals surface area contributed by atoms with Gasteiger partial charge in [-0.2, -0.15) is 0 Å². The van der Waals surface area contributed by atoms with E-state index in [-0.39, 0.29) is 0 Å². The Bertz CT molecular complexity index is 1210. The molecule has 3 aromatic heterocycles. The molecular weight excluding hydrogens is 412 g/mol. The van der Waals surface area contributed by atoms with Crippen LogP contribution in [-0.4, -0.2) is 19.7 Å². The van der Waals surface area contributed by atoms with Gasteiger partial charge >= 0.3 is 0 Å². The normalized spacial score (nSPS) is 11.1. The number of benzene rings is 2. The lowest BCUT2D eigenvalue weighted by atomic mass is 10.2. The Morgan fingerprint density at radius 1 is 0.867 bits per heavy atom. The van der Waals surface area contributed by atoms with Crippen molar-refractivity contribution >= 4 is 23.1 Å². The number of furan rings is 1. The lowest BCUT2D eigenvalue weighted by molar-refractivity contribution is 0.485. The van der Waals surface area contributed by atoms with E-state index >= 15 is 0 Å². The summed E-state index contributed by atoms with van der Waals surface area (Å²) < 4.78 is 7.67. The van der Waals surface area contributed by atoms with Gasteiger partial charge in [0, 0.05) is 22.3 Å². The van der Waals surface area contributed by atoms with Crippen LogP contribution in [0.3, 0.4) is 0 Å². The largest absolute Gasteiger partial charge is 0.467 e. The van der Waals surface area contributed by atoms with Crippen LogP contribution in [0, 0.1) is 0 Å². The van der Waals surface area contributed by atoms with Gasteiger partial charge in [-0.3, -0.25) is 4.57 Å². The summed E-state index contributed by atoms with van der Waals surface area (Å²) in [5.41, 5.74) is 3.21. The third-order valence-corrected chi connectivity index (χ3v) is 6.51. The summed E-state index contributed by atoms with van der Waals surface area (Å²) in [5.74, 6) is 2.43. The van der Waals surface area contributed by atoms with E-state index in [9.17, 15) is 0 Å². The molecule has 30 heavy (non-hydrogen) atoms. The summed E-state index contributed by atoms with van der Waals surface area (Å²) >= 11 is 3.30. The number of hydrogen-bond acceptors (Lipinski definition) is 6. The third-order valence-electron chi connectivity index (χ3n) is 4.56. The zero-order valence-electron chi connectivity index (χ0n) is 16.0. The summed E-state index contributed by atoms with van der Waals surface area (Å²) in [6, 6.07) is 24.2. The maximum absolute atomic E-state index is 5.57. The van der Waals surface area contributed by atoms with E-state index in [2.05, 4.69) is 32.3 Å². The van der Waals surface area contributed by atoms with Gasteiger partial charge in [-0.05, 0) is 12.1 Å². The summed E-state index contributed by atoms with van der Waals surface area (Å²) in [5, 5.41) is 12.9. The van der Waals surface area contributed by atoms with E-state index < -0.39 is 0 Å². The molecule has 7 heteroatoms. The maximum Gasteiger partial charge on any atom is 0.192 e. The van der Waals surface area contributed by atoms with E-state index in [4.69, 9.17) is 9.40 Å². The fourth-order valence-electron chi connectivity index (χ4n) is 3.12. The highest BCUT2D eigenvalue weighted by Crippen LogP contribution is 2.30. The third kappa shape index (κ3) is 4.08. The summed E-state index contributed by atoms with van der Waals surface area (Å²) in [6.45, 7) is 0.582. The van der Waals surface area contributed by atoms with Crippen molar-refractivity contribution in [3.05, 3.63) is 95.9 Å². The Morgan fingerprint density at radius 3 is 2.37 bits per heavy atom. The lowest BCUT2D eigenvalue weighted by Gasteiger charge is -2.08. The highest BCUT2D eigenvalue weighted by Gasteiger charge is 2.16. The second-order valence-electron chi connectivity index (χ2n) is 6.64. The molecule has 0 fully saturated rings. The van der Waals surface area contributed by atoms with Crippen LogP contribution in [-0.2, 0) is 12.3 Å². The van der Waals surface area contributed by atoms with Crippen LogP contribution in [0.4, 0.5) is 0 Å². The highest BCUT2D eigenvalue weighted by atomic mass is 32.2. The molecule has 2 aromatic carbocycles. The molecule has 148 valence electrons. The Hall–Kier alpha value is -3.16. The van der Waals surface area contributed by atoms with Crippen LogP contribution < -0.4 is 0 Å². The van der Waals surface area contributed by atoms with E-state index in [1.165, 1.54) is 0 Å². The van der Waals surface area contributed by atoms with E-state index in [0.717, 1.165) is 44.3 Å². The van der Waals surface area contributed by atoms with Crippen molar-refractivity contribution in [1.29, 1.82) is 0 Å². The van der Waals surface area contributed by atoms with Gasteiger partial charge < -0.3 is 4.42 Å². The molecule has 5 aromatic rings. The van der Waals surface area contributed by atoms with Gasteiger partial charge in [0.15, 0.2) is 11.0 Å². The van der Waals surface area contributed by atoms with Crippen LogP contribution in [0.1, 0.15) is 11.5 Å². The second-order valence-corrected chi connectivity index (χ2v) is 8.44. The average Bonchev–Trinajstić information content (AvgIpc) is 3.56. The van der Waals surface area contributed by atoms with Gasteiger partial charge in [-0.1, -0.05) is 72.4 Å². The molecule has 0 saturated heterocycles. The molecule has 0 radical (unpaired) electrons. The Balaban J connectivity index is 1.39. The monoisotopic (exact) mass is 430 g/mol. The van der Waals surface area contributed by atoms with Crippen molar-refractivity contribution < 1.29 is 4.42 Å². The fourth-order valence-corrected chi connectivity index (χ4v) is 4.88. The van der Waals surface area contributed by atoms with Crippen molar-refractivity contribution in [2.24, 2.45) is 0 Å². The Morgan fingerprint density at radius 2 is 1.63 bits per heavy atom. The van der Waals surface area contributed by atoms with Crippen molar-refractivity contribution in [1.82, 2.24) is 19.7 Å². The highest BCUT2D eigenvalue weighted by molar-refractivity contribution is 7.98. The van der Waals surface area contributed by atoms with Crippen molar-refractivity contribution in [3.8, 4) is 22.0 Å². The van der Waals surface area contributed by atoms with Gasteiger partial charge in [0.1, 0.15) is 10.8 Å². The molecule has 0 amide bonds. The van der Waals surface area contributed by atoms with Gasteiger partial charge in [0.05, 0.1) is 18.5 Å². The molecule has 0 N–H and O–H groups in total. The van der Waals surface area contributed by atoms with Gasteiger partial charge in [-0.25, -0.2) is 4.98 Å². The maximum atomic E-state index is 5.57. The number of thioether (sulfide) groups is 1. The molecule has 0 aliphatic heterocycles. The first-order valence-corrected chi connectivity index (χ1v) is 11.4. The Labute approximate surface area is 182 Å².